The molecule has 0 spiro atoms. The van der Waals surface area contributed by atoms with Crippen molar-refractivity contribution in [1.29, 1.82) is 0 Å². The summed E-state index contributed by atoms with van der Waals surface area (Å²) in [5.41, 5.74) is 2.35. The van der Waals surface area contributed by atoms with E-state index in [1.54, 1.807) is 6.92 Å². The van der Waals surface area contributed by atoms with Crippen molar-refractivity contribution in [2.45, 2.75) is 46.0 Å². The van der Waals surface area contributed by atoms with Gasteiger partial charge in [-0.05, 0) is 29.4 Å². The summed E-state index contributed by atoms with van der Waals surface area (Å²) in [6.45, 7) is 5.68. The van der Waals surface area contributed by atoms with Gasteiger partial charge in [0.2, 0.25) is 6.54 Å². The van der Waals surface area contributed by atoms with E-state index >= 15 is 0 Å². The van der Waals surface area contributed by atoms with E-state index in [0.29, 0.717) is 18.9 Å². The van der Waals surface area contributed by atoms with Gasteiger partial charge in [0.1, 0.15) is 5.78 Å². The Morgan fingerprint density at radius 1 is 1.27 bits per heavy atom. The van der Waals surface area contributed by atoms with Crippen LogP contribution in [-0.2, 0) is 25.5 Å². The van der Waals surface area contributed by atoms with E-state index in [0.717, 1.165) is 5.56 Å². The first-order chi connectivity index (χ1) is 14.2. The molecule has 30 heavy (non-hydrogen) atoms. The Hall–Kier alpha value is -2.77. The molecule has 0 heterocycles. The normalized spacial score (nSPS) is 20.9. The van der Waals surface area contributed by atoms with Crippen molar-refractivity contribution >= 4 is 17.7 Å². The van der Waals surface area contributed by atoms with Crippen LogP contribution in [-0.4, -0.2) is 42.3 Å². The molecule has 1 aromatic rings. The molecular weight excluding hydrogens is 388 g/mol. The van der Waals surface area contributed by atoms with Crippen molar-refractivity contribution < 1.29 is 24.0 Å². The summed E-state index contributed by atoms with van der Waals surface area (Å²) in [6.07, 6.45) is 0.668. The summed E-state index contributed by atoms with van der Waals surface area (Å²) < 4.78 is 4.97. The zero-order valence-corrected chi connectivity index (χ0v) is 17.8. The third-order valence-electron chi connectivity index (χ3n) is 5.68. The smallest absolute Gasteiger partial charge is 0.307 e. The molecule has 3 atom stereocenters. The predicted molar refractivity (Wildman–Crippen MR) is 110 cm³/mol. The van der Waals surface area contributed by atoms with E-state index < -0.39 is 35.2 Å². The van der Waals surface area contributed by atoms with Gasteiger partial charge in [0.25, 0.3) is 5.91 Å². The van der Waals surface area contributed by atoms with Gasteiger partial charge in [-0.25, -0.2) is 0 Å². The van der Waals surface area contributed by atoms with Crippen LogP contribution < -0.4 is 5.32 Å². The van der Waals surface area contributed by atoms with Gasteiger partial charge in [-0.15, -0.1) is 0 Å². The van der Waals surface area contributed by atoms with Crippen molar-refractivity contribution in [3.63, 3.8) is 0 Å². The van der Waals surface area contributed by atoms with E-state index in [9.17, 15) is 24.5 Å². The van der Waals surface area contributed by atoms with E-state index in [1.807, 2.05) is 12.1 Å². The first kappa shape index (κ1) is 23.5. The Balaban J connectivity index is 1.71. The molecule has 0 radical (unpaired) electrons. The topological polar surface area (TPSA) is 116 Å². The lowest BCUT2D eigenvalue weighted by Crippen LogP contribution is -2.32. The van der Waals surface area contributed by atoms with Crippen LogP contribution in [0.5, 0.6) is 0 Å². The van der Waals surface area contributed by atoms with E-state index in [4.69, 9.17) is 4.74 Å². The number of nitrogens with zero attached hydrogens (tertiary/aromatic N) is 1. The molecule has 0 aliphatic heterocycles. The van der Waals surface area contributed by atoms with Gasteiger partial charge in [0.05, 0.1) is 6.42 Å². The molecule has 0 bridgehead atoms. The summed E-state index contributed by atoms with van der Waals surface area (Å²) >= 11 is 0. The molecule has 1 saturated carbocycles. The van der Waals surface area contributed by atoms with Gasteiger partial charge in [-0.1, -0.05) is 45.0 Å². The third kappa shape index (κ3) is 6.93. The number of Topliss-reactive ketones (excluding diaryl/α,β-unsaturated/α-hetero) is 1. The van der Waals surface area contributed by atoms with Crippen LogP contribution in [0, 0.1) is 27.9 Å². The average Bonchev–Trinajstić information content (AvgIpc) is 2.93. The van der Waals surface area contributed by atoms with Crippen LogP contribution in [0.25, 0.3) is 0 Å². The highest BCUT2D eigenvalue weighted by atomic mass is 16.6. The number of esters is 1. The summed E-state index contributed by atoms with van der Waals surface area (Å²) in [6, 6.07) is 8.20. The number of hydrogen-bond acceptors (Lipinski definition) is 6. The summed E-state index contributed by atoms with van der Waals surface area (Å²) in [4.78, 5) is 46.4. The molecule has 164 valence electrons. The number of carbonyl (C=O) groups is 3. The highest BCUT2D eigenvalue weighted by molar-refractivity contribution is 5.88. The molecule has 1 aliphatic carbocycles. The quantitative estimate of drug-likeness (QED) is 0.355. The van der Waals surface area contributed by atoms with E-state index in [2.05, 4.69) is 31.3 Å². The molecule has 1 amide bonds. The fraction of sp³-hybridized carbons (Fsp3) is 0.591. The number of carbonyl (C=O) groups excluding carboxylic acids is 3. The molecule has 1 fully saturated rings. The van der Waals surface area contributed by atoms with Crippen LogP contribution in [0.2, 0.25) is 0 Å². The molecule has 0 saturated heterocycles. The number of nitrogens with one attached hydrogen (secondary N) is 1. The minimum absolute atomic E-state index is 0.140. The number of rotatable bonds is 10. The summed E-state index contributed by atoms with van der Waals surface area (Å²) in [5, 5.41) is 13.5. The Kier molecular flexibility index (Phi) is 8.50. The van der Waals surface area contributed by atoms with Gasteiger partial charge in [-0.3, -0.25) is 24.5 Å². The summed E-state index contributed by atoms with van der Waals surface area (Å²) in [5.74, 6) is -2.13. The maximum absolute atomic E-state index is 12.1. The first-order valence-corrected chi connectivity index (χ1v) is 10.3. The van der Waals surface area contributed by atoms with Gasteiger partial charge < -0.3 is 10.1 Å². The fourth-order valence-corrected chi connectivity index (χ4v) is 3.85. The Labute approximate surface area is 176 Å². The second-order valence-electron chi connectivity index (χ2n) is 8.29. The highest BCUT2D eigenvalue weighted by Crippen LogP contribution is 2.36. The van der Waals surface area contributed by atoms with Crippen LogP contribution in [0.1, 0.15) is 50.7 Å². The number of ketones is 1. The number of benzene rings is 1. The van der Waals surface area contributed by atoms with Crippen LogP contribution >= 0.6 is 0 Å². The molecule has 1 N–H and O–H groups in total. The lowest BCUT2D eigenvalue weighted by molar-refractivity contribution is -0.490. The molecule has 8 heteroatoms. The highest BCUT2D eigenvalue weighted by Gasteiger charge is 2.44. The Morgan fingerprint density at radius 3 is 2.53 bits per heavy atom. The standard InChI is InChI=1S/C22H30N2O6/c1-14(2)17-6-4-16(5-7-17)8-9-23-21(26)13-30-22(27)11-18-19(12-24(28)29)15(3)10-20(18)25/h4-7,14-15,18-19H,8-13H2,1-3H3,(H,23,26)/t15-,18+,19+/m0/s1. The predicted octanol–water partition coefficient (Wildman–Crippen LogP) is 2.52. The number of hydrogen-bond donors (Lipinski definition) is 1. The second kappa shape index (κ2) is 10.8. The lowest BCUT2D eigenvalue weighted by Gasteiger charge is -2.17. The Bertz CT molecular complexity index is 774. The van der Waals surface area contributed by atoms with Crippen molar-refractivity contribution in [1.82, 2.24) is 5.32 Å². The van der Waals surface area contributed by atoms with Gasteiger partial charge >= 0.3 is 5.97 Å². The van der Waals surface area contributed by atoms with Crippen molar-refractivity contribution in [2.75, 3.05) is 19.7 Å². The Morgan fingerprint density at radius 2 is 1.93 bits per heavy atom. The molecule has 0 unspecified atom stereocenters. The minimum atomic E-state index is -0.713. The monoisotopic (exact) mass is 418 g/mol. The van der Waals surface area contributed by atoms with Crippen molar-refractivity contribution in [3.8, 4) is 0 Å². The third-order valence-corrected chi connectivity index (χ3v) is 5.68. The van der Waals surface area contributed by atoms with Gasteiger partial charge in [0, 0.05) is 29.7 Å². The van der Waals surface area contributed by atoms with E-state index in [-0.39, 0.29) is 31.1 Å². The van der Waals surface area contributed by atoms with E-state index in [1.165, 1.54) is 5.56 Å². The largest absolute Gasteiger partial charge is 0.456 e. The van der Waals surface area contributed by atoms with Gasteiger partial charge in [-0.2, -0.15) is 0 Å². The van der Waals surface area contributed by atoms with Crippen LogP contribution in [0.3, 0.4) is 0 Å². The van der Waals surface area contributed by atoms with Crippen molar-refractivity contribution in [2.24, 2.45) is 17.8 Å². The second-order valence-corrected chi connectivity index (χ2v) is 8.29. The summed E-state index contributed by atoms with van der Waals surface area (Å²) in [7, 11) is 0. The van der Waals surface area contributed by atoms with Gasteiger partial charge in [0.15, 0.2) is 6.61 Å². The molecule has 0 aromatic heterocycles. The number of ether oxygens (including phenoxy) is 1. The molecule has 2 rings (SSSR count). The average molecular weight is 418 g/mol. The van der Waals surface area contributed by atoms with Crippen LogP contribution in [0.15, 0.2) is 24.3 Å². The van der Waals surface area contributed by atoms with Crippen molar-refractivity contribution in [3.05, 3.63) is 45.5 Å². The molecule has 8 nitrogen and oxygen atoms in total. The zero-order chi connectivity index (χ0) is 22.3. The minimum Gasteiger partial charge on any atom is -0.456 e. The maximum atomic E-state index is 12.1. The molecular formula is C22H30N2O6. The lowest BCUT2D eigenvalue weighted by atomic mass is 9.88. The maximum Gasteiger partial charge on any atom is 0.307 e. The zero-order valence-electron chi connectivity index (χ0n) is 17.8. The number of nitro groups is 1. The SMILES string of the molecule is CC(C)c1ccc(CCNC(=O)COC(=O)C[C@H]2C(=O)C[C@H](C)[C@H]2C[N+](=O)[O-])cc1. The molecule has 1 aliphatic rings. The number of amides is 1. The molecule has 1 aromatic carbocycles. The fourth-order valence-electron chi connectivity index (χ4n) is 3.85. The van der Waals surface area contributed by atoms with Crippen LogP contribution in [0.4, 0.5) is 0 Å². The first-order valence-electron chi connectivity index (χ1n) is 10.3.